The molecule has 12 aromatic rings. The molecule has 0 unspecified atom stereocenters. The molecule has 1 aliphatic rings. The molecule has 276 valence electrons. The fourth-order valence-corrected chi connectivity index (χ4v) is 11.8. The van der Waals surface area contributed by atoms with Crippen molar-refractivity contribution in [1.29, 1.82) is 0 Å². The minimum Gasteiger partial charge on any atom is -0.309 e. The van der Waals surface area contributed by atoms with Crippen LogP contribution in [-0.2, 0) is 5.41 Å². The van der Waals surface area contributed by atoms with E-state index < -0.39 is 0 Å². The predicted octanol–water partition coefficient (Wildman–Crippen LogP) is 16.3. The van der Waals surface area contributed by atoms with Gasteiger partial charge in [-0.25, -0.2) is 0 Å². The van der Waals surface area contributed by atoms with Crippen molar-refractivity contribution in [3.05, 3.63) is 199 Å². The van der Waals surface area contributed by atoms with Crippen LogP contribution in [0.2, 0.25) is 0 Å². The second kappa shape index (κ2) is 12.0. The molecule has 0 bridgehead atoms. The number of hydrogen-bond acceptors (Lipinski definition) is 1. The van der Waals surface area contributed by atoms with Crippen molar-refractivity contribution in [2.45, 2.75) is 19.3 Å². The molecule has 1 aliphatic carbocycles. The van der Waals surface area contributed by atoms with Gasteiger partial charge in [-0.1, -0.05) is 147 Å². The fraction of sp³-hybridized carbons (Fsp3) is 0.0526. The van der Waals surface area contributed by atoms with Gasteiger partial charge in [0.05, 0.1) is 11.0 Å². The molecule has 0 N–H and O–H groups in total. The first-order valence-corrected chi connectivity index (χ1v) is 21.4. The van der Waals surface area contributed by atoms with Gasteiger partial charge in [-0.2, -0.15) is 0 Å². The van der Waals surface area contributed by atoms with Gasteiger partial charge in [0.15, 0.2) is 0 Å². The molecular formula is C57H37NS. The van der Waals surface area contributed by atoms with Crippen LogP contribution in [0.1, 0.15) is 25.0 Å². The second-order valence-electron chi connectivity index (χ2n) is 16.8. The van der Waals surface area contributed by atoms with E-state index in [4.69, 9.17) is 0 Å². The van der Waals surface area contributed by atoms with Crippen LogP contribution in [0.5, 0.6) is 0 Å². The van der Waals surface area contributed by atoms with E-state index in [1.165, 1.54) is 119 Å². The Morgan fingerprint density at radius 2 is 0.932 bits per heavy atom. The van der Waals surface area contributed by atoms with Gasteiger partial charge in [0.25, 0.3) is 0 Å². The number of fused-ring (bicyclic) bond motifs is 15. The zero-order valence-corrected chi connectivity index (χ0v) is 33.6. The predicted molar refractivity (Wildman–Crippen MR) is 255 cm³/mol. The maximum absolute atomic E-state index is 2.51. The smallest absolute Gasteiger partial charge is 0.0541 e. The molecule has 10 aromatic carbocycles. The van der Waals surface area contributed by atoms with E-state index in [2.05, 4.69) is 206 Å². The highest BCUT2D eigenvalue weighted by atomic mass is 32.1. The Morgan fingerprint density at radius 1 is 0.356 bits per heavy atom. The summed E-state index contributed by atoms with van der Waals surface area (Å²) >= 11 is 1.90. The Labute approximate surface area is 346 Å². The van der Waals surface area contributed by atoms with Crippen molar-refractivity contribution in [1.82, 2.24) is 4.57 Å². The van der Waals surface area contributed by atoms with E-state index in [0.717, 1.165) is 5.69 Å². The van der Waals surface area contributed by atoms with Gasteiger partial charge in [0.2, 0.25) is 0 Å². The molecule has 0 radical (unpaired) electrons. The number of thiophene rings is 1. The maximum atomic E-state index is 2.51. The summed E-state index contributed by atoms with van der Waals surface area (Å²) in [6.07, 6.45) is 0. The SMILES string of the molecule is CC1(C)c2ccccc2-c2cc3c4ccccc4c4cc(-c5cc(-c6cccc7c6sc6ccccc67)cc(-n6c7ccccc7c7ccccc76)c5)ccc4c3cc21. The molecule has 0 aliphatic heterocycles. The lowest BCUT2D eigenvalue weighted by Gasteiger charge is -2.22. The van der Waals surface area contributed by atoms with Gasteiger partial charge in [-0.3, -0.25) is 0 Å². The van der Waals surface area contributed by atoms with Crippen LogP contribution in [0.3, 0.4) is 0 Å². The minimum atomic E-state index is -0.0705. The Morgan fingerprint density at radius 3 is 1.71 bits per heavy atom. The second-order valence-corrected chi connectivity index (χ2v) is 17.9. The van der Waals surface area contributed by atoms with Crippen LogP contribution in [0.15, 0.2) is 188 Å². The highest BCUT2D eigenvalue weighted by molar-refractivity contribution is 7.26. The van der Waals surface area contributed by atoms with E-state index in [1.807, 2.05) is 11.3 Å². The van der Waals surface area contributed by atoms with Crippen LogP contribution in [-0.4, -0.2) is 4.57 Å². The minimum absolute atomic E-state index is 0.0705. The number of para-hydroxylation sites is 2. The standard InChI is InChI=1S/C57H37NS/c1-57(2)51-22-9-5-16-42(51)50-32-48-40-15-4-3-14-39(40)47-31-34(26-27-41(47)49(48)33-52(50)57)35-28-36(38-20-13-21-46-45-19-8-12-25-55(45)59-56(38)46)30-37(29-35)58-53-23-10-6-17-43(53)44-18-7-11-24-54(44)58/h3-33H,1-2H3. The largest absolute Gasteiger partial charge is 0.309 e. The molecule has 0 amide bonds. The molecule has 2 heterocycles. The molecule has 13 rings (SSSR count). The first kappa shape index (κ1) is 33.0. The number of hydrogen-bond donors (Lipinski definition) is 0. The summed E-state index contributed by atoms with van der Waals surface area (Å²) < 4.78 is 5.11. The van der Waals surface area contributed by atoms with Gasteiger partial charge in [0, 0.05) is 42.0 Å². The third-order valence-electron chi connectivity index (χ3n) is 13.3. The van der Waals surface area contributed by atoms with Crippen LogP contribution in [0.25, 0.3) is 113 Å². The zero-order chi connectivity index (χ0) is 39.0. The zero-order valence-electron chi connectivity index (χ0n) is 32.8. The van der Waals surface area contributed by atoms with Gasteiger partial charge in [-0.15, -0.1) is 11.3 Å². The maximum Gasteiger partial charge on any atom is 0.0541 e. The summed E-state index contributed by atoms with van der Waals surface area (Å²) in [5, 5.41) is 13.0. The van der Waals surface area contributed by atoms with E-state index in [0.29, 0.717) is 0 Å². The average molecular weight is 768 g/mol. The normalized spacial score (nSPS) is 13.4. The molecule has 2 heteroatoms. The lowest BCUT2D eigenvalue weighted by molar-refractivity contribution is 0.661. The summed E-state index contributed by atoms with van der Waals surface area (Å²) in [5.74, 6) is 0. The molecule has 0 saturated carbocycles. The Hall–Kier alpha value is -7.00. The summed E-state index contributed by atoms with van der Waals surface area (Å²) in [6, 6.07) is 70.7. The molecule has 0 fully saturated rings. The Balaban J connectivity index is 1.09. The fourth-order valence-electron chi connectivity index (χ4n) is 10.6. The van der Waals surface area contributed by atoms with E-state index in [1.54, 1.807) is 0 Å². The third kappa shape index (κ3) is 4.61. The molecule has 0 saturated heterocycles. The summed E-state index contributed by atoms with van der Waals surface area (Å²) in [4.78, 5) is 0. The highest BCUT2D eigenvalue weighted by Gasteiger charge is 2.35. The van der Waals surface area contributed by atoms with Crippen LogP contribution < -0.4 is 0 Å². The average Bonchev–Trinajstić information content (AvgIpc) is 3.91. The van der Waals surface area contributed by atoms with Crippen molar-refractivity contribution in [2.24, 2.45) is 0 Å². The van der Waals surface area contributed by atoms with Gasteiger partial charge in [0.1, 0.15) is 0 Å². The van der Waals surface area contributed by atoms with Crippen molar-refractivity contribution < 1.29 is 0 Å². The van der Waals surface area contributed by atoms with Crippen molar-refractivity contribution in [3.8, 4) is 39.1 Å². The molecule has 0 spiro atoms. The summed E-state index contributed by atoms with van der Waals surface area (Å²) in [6.45, 7) is 4.76. The molecule has 1 nitrogen and oxygen atoms in total. The van der Waals surface area contributed by atoms with E-state index in [9.17, 15) is 0 Å². The molecule has 59 heavy (non-hydrogen) atoms. The number of nitrogens with zero attached hydrogens (tertiary/aromatic N) is 1. The van der Waals surface area contributed by atoms with Crippen LogP contribution >= 0.6 is 11.3 Å². The molecular weight excluding hydrogens is 731 g/mol. The lowest BCUT2D eigenvalue weighted by Crippen LogP contribution is -2.14. The third-order valence-corrected chi connectivity index (χ3v) is 14.6. The van der Waals surface area contributed by atoms with Crippen molar-refractivity contribution in [3.63, 3.8) is 0 Å². The number of rotatable bonds is 3. The van der Waals surface area contributed by atoms with Crippen LogP contribution in [0.4, 0.5) is 0 Å². The first-order chi connectivity index (χ1) is 29.0. The lowest BCUT2D eigenvalue weighted by atomic mass is 9.81. The highest BCUT2D eigenvalue weighted by Crippen LogP contribution is 2.52. The Kier molecular flexibility index (Phi) is 6.73. The van der Waals surface area contributed by atoms with Gasteiger partial charge >= 0.3 is 0 Å². The quantitative estimate of drug-likeness (QED) is 0.158. The van der Waals surface area contributed by atoms with Crippen molar-refractivity contribution in [2.75, 3.05) is 0 Å². The van der Waals surface area contributed by atoms with Crippen molar-refractivity contribution >= 4 is 85.6 Å². The molecule has 2 aromatic heterocycles. The first-order valence-electron chi connectivity index (χ1n) is 20.6. The number of benzene rings is 10. The monoisotopic (exact) mass is 767 g/mol. The Bertz CT molecular complexity index is 3710. The van der Waals surface area contributed by atoms with Crippen LogP contribution in [0, 0.1) is 0 Å². The van der Waals surface area contributed by atoms with Gasteiger partial charge < -0.3 is 4.57 Å². The van der Waals surface area contributed by atoms with E-state index in [-0.39, 0.29) is 5.41 Å². The summed E-state index contributed by atoms with van der Waals surface area (Å²) in [7, 11) is 0. The van der Waals surface area contributed by atoms with Gasteiger partial charge in [-0.05, 0) is 131 Å². The molecule has 0 atom stereocenters. The van der Waals surface area contributed by atoms with E-state index >= 15 is 0 Å². The summed E-state index contributed by atoms with van der Waals surface area (Å²) in [5.41, 5.74) is 14.0. The number of aromatic nitrogens is 1. The topological polar surface area (TPSA) is 4.93 Å².